The predicted octanol–water partition coefficient (Wildman–Crippen LogP) is 2.84. The summed E-state index contributed by atoms with van der Waals surface area (Å²) in [6.45, 7) is 2.63. The van der Waals surface area contributed by atoms with Crippen LogP contribution in [0.3, 0.4) is 0 Å². The zero-order valence-electron chi connectivity index (χ0n) is 10.6. The molecule has 2 rings (SSSR count). The van der Waals surface area contributed by atoms with Gasteiger partial charge in [0.05, 0.1) is 11.7 Å². The quantitative estimate of drug-likeness (QED) is 0.901. The predicted molar refractivity (Wildman–Crippen MR) is 68.5 cm³/mol. The van der Waals surface area contributed by atoms with Crippen molar-refractivity contribution < 1.29 is 8.78 Å². The molecule has 1 aromatic carbocycles. The van der Waals surface area contributed by atoms with Crippen molar-refractivity contribution in [3.8, 4) is 0 Å². The van der Waals surface area contributed by atoms with Crippen LogP contribution in [-0.4, -0.2) is 16.5 Å². The molecule has 0 aliphatic rings. The molecule has 2 aromatic rings. The fraction of sp³-hybridized carbons (Fsp3) is 0.286. The van der Waals surface area contributed by atoms with Crippen LogP contribution in [0.4, 0.5) is 8.78 Å². The van der Waals surface area contributed by atoms with Crippen LogP contribution in [0.5, 0.6) is 0 Å². The first-order valence-corrected chi connectivity index (χ1v) is 6.17. The molecule has 1 atom stereocenters. The lowest BCUT2D eigenvalue weighted by Gasteiger charge is -2.19. The number of benzene rings is 1. The van der Waals surface area contributed by atoms with E-state index in [4.69, 9.17) is 0 Å². The Labute approximate surface area is 110 Å². The summed E-state index contributed by atoms with van der Waals surface area (Å²) in [5, 5.41) is 3.11. The highest BCUT2D eigenvalue weighted by molar-refractivity contribution is 5.29. The maximum absolute atomic E-state index is 13.9. The van der Waals surface area contributed by atoms with Crippen LogP contribution in [0.1, 0.15) is 30.6 Å². The smallest absolute Gasteiger partial charge is 0.131 e. The molecular weight excluding hydrogens is 248 g/mol. The number of hydrogen-bond acceptors (Lipinski definition) is 3. The summed E-state index contributed by atoms with van der Waals surface area (Å²) < 4.78 is 27.8. The third-order valence-electron chi connectivity index (χ3n) is 2.79. The third-order valence-corrected chi connectivity index (χ3v) is 2.79. The number of aromatic nitrogens is 2. The van der Waals surface area contributed by atoms with E-state index in [0.29, 0.717) is 12.2 Å². The Morgan fingerprint density at radius 2 is 1.95 bits per heavy atom. The molecule has 1 unspecified atom stereocenters. The average Bonchev–Trinajstić information content (AvgIpc) is 2.43. The van der Waals surface area contributed by atoms with Gasteiger partial charge >= 0.3 is 0 Å². The zero-order valence-corrected chi connectivity index (χ0v) is 10.6. The fourth-order valence-corrected chi connectivity index (χ4v) is 1.90. The minimum Gasteiger partial charge on any atom is -0.305 e. The Kier molecular flexibility index (Phi) is 4.52. The second-order valence-electron chi connectivity index (χ2n) is 4.16. The number of nitrogens with one attached hydrogen (secondary N) is 1. The minimum absolute atomic E-state index is 0.00495. The Morgan fingerprint density at radius 1 is 1.21 bits per heavy atom. The van der Waals surface area contributed by atoms with Crippen LogP contribution >= 0.6 is 0 Å². The maximum atomic E-state index is 13.9. The maximum Gasteiger partial charge on any atom is 0.131 e. The van der Waals surface area contributed by atoms with E-state index in [1.807, 2.05) is 6.92 Å². The van der Waals surface area contributed by atoms with Gasteiger partial charge in [-0.05, 0) is 31.2 Å². The van der Waals surface area contributed by atoms with Crippen LogP contribution in [0.2, 0.25) is 0 Å². The Morgan fingerprint density at radius 3 is 2.53 bits per heavy atom. The highest BCUT2D eigenvalue weighted by Crippen LogP contribution is 2.25. The molecule has 0 bridgehead atoms. The van der Waals surface area contributed by atoms with E-state index in [1.54, 1.807) is 12.3 Å². The van der Waals surface area contributed by atoms with Gasteiger partial charge in [-0.3, -0.25) is 0 Å². The SMILES string of the molecule is CCCNC(c1ccncn1)c1c(F)cccc1F. The molecule has 0 radical (unpaired) electrons. The molecule has 100 valence electrons. The minimum atomic E-state index is -0.607. The van der Waals surface area contributed by atoms with Gasteiger partial charge in [-0.1, -0.05) is 13.0 Å². The zero-order chi connectivity index (χ0) is 13.7. The van der Waals surface area contributed by atoms with E-state index in [0.717, 1.165) is 6.42 Å². The lowest BCUT2D eigenvalue weighted by Crippen LogP contribution is -2.26. The molecule has 1 N–H and O–H groups in total. The van der Waals surface area contributed by atoms with E-state index in [-0.39, 0.29) is 5.56 Å². The average molecular weight is 263 g/mol. The van der Waals surface area contributed by atoms with Gasteiger partial charge in [0.2, 0.25) is 0 Å². The van der Waals surface area contributed by atoms with E-state index in [9.17, 15) is 8.78 Å². The van der Waals surface area contributed by atoms with Gasteiger partial charge in [0.15, 0.2) is 0 Å². The monoisotopic (exact) mass is 263 g/mol. The second-order valence-corrected chi connectivity index (χ2v) is 4.16. The highest BCUT2D eigenvalue weighted by atomic mass is 19.1. The van der Waals surface area contributed by atoms with Crippen molar-refractivity contribution in [2.24, 2.45) is 0 Å². The molecule has 0 fully saturated rings. The van der Waals surface area contributed by atoms with Crippen LogP contribution in [0.25, 0.3) is 0 Å². The van der Waals surface area contributed by atoms with Crippen molar-refractivity contribution in [1.82, 2.24) is 15.3 Å². The molecule has 0 aliphatic carbocycles. The summed E-state index contributed by atoms with van der Waals surface area (Å²) in [5.74, 6) is -1.15. The molecule has 5 heteroatoms. The number of hydrogen-bond donors (Lipinski definition) is 1. The number of nitrogens with zero attached hydrogens (tertiary/aromatic N) is 2. The molecular formula is C14H15F2N3. The van der Waals surface area contributed by atoms with E-state index < -0.39 is 17.7 Å². The highest BCUT2D eigenvalue weighted by Gasteiger charge is 2.22. The molecule has 0 amide bonds. The van der Waals surface area contributed by atoms with Crippen LogP contribution in [0, 0.1) is 11.6 Å². The fourth-order valence-electron chi connectivity index (χ4n) is 1.90. The van der Waals surface area contributed by atoms with Crippen molar-refractivity contribution in [2.75, 3.05) is 6.54 Å². The summed E-state index contributed by atoms with van der Waals surface area (Å²) >= 11 is 0. The molecule has 0 spiro atoms. The van der Waals surface area contributed by atoms with Crippen molar-refractivity contribution >= 4 is 0 Å². The molecule has 19 heavy (non-hydrogen) atoms. The van der Waals surface area contributed by atoms with Crippen LogP contribution in [-0.2, 0) is 0 Å². The summed E-state index contributed by atoms with van der Waals surface area (Å²) in [7, 11) is 0. The summed E-state index contributed by atoms with van der Waals surface area (Å²) in [4.78, 5) is 7.90. The van der Waals surface area contributed by atoms with E-state index in [1.165, 1.54) is 24.5 Å². The van der Waals surface area contributed by atoms with Gasteiger partial charge in [-0.25, -0.2) is 18.7 Å². The lowest BCUT2D eigenvalue weighted by atomic mass is 10.0. The number of rotatable bonds is 5. The van der Waals surface area contributed by atoms with Crippen LogP contribution < -0.4 is 5.32 Å². The topological polar surface area (TPSA) is 37.8 Å². The third kappa shape index (κ3) is 3.12. The van der Waals surface area contributed by atoms with Gasteiger partial charge in [0.1, 0.15) is 18.0 Å². The van der Waals surface area contributed by atoms with Gasteiger partial charge in [0.25, 0.3) is 0 Å². The van der Waals surface area contributed by atoms with Gasteiger partial charge < -0.3 is 5.32 Å². The summed E-state index contributed by atoms with van der Waals surface area (Å²) in [6, 6.07) is 4.90. The van der Waals surface area contributed by atoms with E-state index in [2.05, 4.69) is 15.3 Å². The summed E-state index contributed by atoms with van der Waals surface area (Å²) in [5.41, 5.74) is 0.544. The molecule has 1 aromatic heterocycles. The Balaban J connectivity index is 2.43. The van der Waals surface area contributed by atoms with Crippen molar-refractivity contribution in [1.29, 1.82) is 0 Å². The lowest BCUT2D eigenvalue weighted by molar-refractivity contribution is 0.497. The van der Waals surface area contributed by atoms with Crippen molar-refractivity contribution in [3.63, 3.8) is 0 Å². The second kappa shape index (κ2) is 6.33. The van der Waals surface area contributed by atoms with Crippen molar-refractivity contribution in [3.05, 3.63) is 59.7 Å². The standard InChI is InChI=1S/C14H15F2N3/c1-2-7-18-14(12-6-8-17-9-19-12)13-10(15)4-3-5-11(13)16/h3-6,8-9,14,18H,2,7H2,1H3. The van der Waals surface area contributed by atoms with Gasteiger partial charge in [0, 0.05) is 11.8 Å². The molecule has 0 aliphatic heterocycles. The first-order valence-electron chi connectivity index (χ1n) is 6.17. The summed E-state index contributed by atoms with van der Waals surface area (Å²) in [6.07, 6.45) is 3.79. The van der Waals surface area contributed by atoms with Gasteiger partial charge in [-0.2, -0.15) is 0 Å². The van der Waals surface area contributed by atoms with Gasteiger partial charge in [-0.15, -0.1) is 0 Å². The first kappa shape index (κ1) is 13.5. The molecule has 0 saturated carbocycles. The van der Waals surface area contributed by atoms with E-state index >= 15 is 0 Å². The Hall–Kier alpha value is -1.88. The molecule has 0 saturated heterocycles. The normalized spacial score (nSPS) is 12.4. The number of halogens is 2. The largest absolute Gasteiger partial charge is 0.305 e. The Bertz CT molecular complexity index is 511. The van der Waals surface area contributed by atoms with Crippen molar-refractivity contribution in [2.45, 2.75) is 19.4 Å². The molecule has 3 nitrogen and oxygen atoms in total. The molecule has 1 heterocycles. The first-order chi connectivity index (χ1) is 9.24. The van der Waals surface area contributed by atoms with Crippen LogP contribution in [0.15, 0.2) is 36.8 Å².